The number of amides is 4. The molecule has 0 aliphatic carbocycles. The third kappa shape index (κ3) is 9.63. The van der Waals surface area contributed by atoms with Crippen LogP contribution in [0.25, 0.3) is 0 Å². The molecule has 1 saturated heterocycles. The highest BCUT2D eigenvalue weighted by Crippen LogP contribution is 2.19. The number of morpholine rings is 1. The highest BCUT2D eigenvalue weighted by Gasteiger charge is 2.30. The monoisotopic (exact) mass is 641 g/mol. The molecular weight excluding hydrogens is 598 g/mol. The summed E-state index contributed by atoms with van der Waals surface area (Å²) < 4.78 is 11.4. The second-order valence-electron chi connectivity index (χ2n) is 11.7. The number of nitrogens with one attached hydrogen (secondary N) is 2. The second-order valence-corrected chi connectivity index (χ2v) is 11.7. The maximum atomic E-state index is 13.9. The van der Waals surface area contributed by atoms with Gasteiger partial charge in [0.15, 0.2) is 0 Å². The van der Waals surface area contributed by atoms with E-state index in [1.54, 1.807) is 29.2 Å². The summed E-state index contributed by atoms with van der Waals surface area (Å²) in [5.41, 5.74) is 3.11. The van der Waals surface area contributed by atoms with Gasteiger partial charge in [0.2, 0.25) is 17.7 Å². The normalized spacial score (nSPS) is 18.5. The number of benzene rings is 3. The molecule has 11 nitrogen and oxygen atoms in total. The smallest absolute Gasteiger partial charge is 0.255 e. The predicted octanol–water partition coefficient (Wildman–Crippen LogP) is 2.59. The summed E-state index contributed by atoms with van der Waals surface area (Å²) >= 11 is 0. The van der Waals surface area contributed by atoms with E-state index in [-0.39, 0.29) is 50.7 Å². The first-order valence-corrected chi connectivity index (χ1v) is 16.2. The number of carbonyl (C=O) groups is 4. The van der Waals surface area contributed by atoms with Crippen molar-refractivity contribution < 1.29 is 28.7 Å². The fraction of sp³-hybridized carbons (Fsp3) is 0.389. The van der Waals surface area contributed by atoms with E-state index in [1.807, 2.05) is 55.5 Å². The minimum atomic E-state index is -1.20. The van der Waals surface area contributed by atoms with Crippen LogP contribution in [-0.2, 0) is 38.8 Å². The topological polar surface area (TPSA) is 121 Å². The molecule has 0 aromatic heterocycles. The summed E-state index contributed by atoms with van der Waals surface area (Å²) in [7, 11) is 0. The average molecular weight is 642 g/mol. The zero-order valence-electron chi connectivity index (χ0n) is 26.9. The van der Waals surface area contributed by atoms with Crippen LogP contribution in [0.2, 0.25) is 0 Å². The molecule has 0 radical (unpaired) electrons. The van der Waals surface area contributed by atoms with Crippen LogP contribution in [0.4, 0.5) is 0 Å². The number of rotatable bonds is 8. The second kappa shape index (κ2) is 16.7. The standard InChI is InChI=1S/C36H43N5O6/c1-2-40-17-20-47-32-14-7-6-13-30(32)35(44)38-31(22-33(42)41(26-34(40)43)25-27-9-4-3-5-10-27)36(45)37-23-28-11-8-12-29(21-28)24-39-15-18-46-19-16-39/h3-14,21,31H,2,15-20,22-26H2,1H3,(H,37,45)(H,38,44)/t31-/m0/s1. The number of carbonyl (C=O) groups excluding carboxylic acids is 4. The van der Waals surface area contributed by atoms with Crippen LogP contribution in [0, 0.1) is 0 Å². The molecule has 2 aliphatic heterocycles. The Morgan fingerprint density at radius 1 is 0.809 bits per heavy atom. The van der Waals surface area contributed by atoms with Gasteiger partial charge in [0.25, 0.3) is 5.91 Å². The van der Waals surface area contributed by atoms with Crippen molar-refractivity contribution in [1.82, 2.24) is 25.3 Å². The van der Waals surface area contributed by atoms with Crippen molar-refractivity contribution in [3.05, 3.63) is 101 Å². The lowest BCUT2D eigenvalue weighted by Crippen LogP contribution is -2.51. The van der Waals surface area contributed by atoms with Crippen LogP contribution < -0.4 is 15.4 Å². The quantitative estimate of drug-likeness (QED) is 0.388. The Morgan fingerprint density at radius 3 is 2.32 bits per heavy atom. The van der Waals surface area contributed by atoms with Crippen molar-refractivity contribution in [1.29, 1.82) is 0 Å². The minimum Gasteiger partial charge on any atom is -0.491 e. The van der Waals surface area contributed by atoms with Crippen molar-refractivity contribution in [3.63, 3.8) is 0 Å². The van der Waals surface area contributed by atoms with E-state index in [0.29, 0.717) is 25.5 Å². The number of ether oxygens (including phenoxy) is 2. The van der Waals surface area contributed by atoms with Gasteiger partial charge < -0.3 is 29.9 Å². The fourth-order valence-electron chi connectivity index (χ4n) is 5.72. The molecule has 0 bridgehead atoms. The molecule has 2 aliphatic rings. The molecule has 0 saturated carbocycles. The Morgan fingerprint density at radius 2 is 1.53 bits per heavy atom. The van der Waals surface area contributed by atoms with Crippen molar-refractivity contribution in [2.45, 2.75) is 39.0 Å². The molecule has 47 heavy (non-hydrogen) atoms. The van der Waals surface area contributed by atoms with E-state index < -0.39 is 23.8 Å². The summed E-state index contributed by atoms with van der Waals surface area (Å²) in [5.74, 6) is -1.35. The number of fused-ring (bicyclic) bond motifs is 1. The summed E-state index contributed by atoms with van der Waals surface area (Å²) in [6.07, 6.45) is -0.329. The van der Waals surface area contributed by atoms with Crippen molar-refractivity contribution in [2.75, 3.05) is 52.5 Å². The van der Waals surface area contributed by atoms with Gasteiger partial charge in [-0.2, -0.15) is 0 Å². The Hall–Kier alpha value is -4.74. The van der Waals surface area contributed by atoms with E-state index in [1.165, 1.54) is 4.90 Å². The summed E-state index contributed by atoms with van der Waals surface area (Å²) in [5, 5.41) is 5.71. The largest absolute Gasteiger partial charge is 0.491 e. The van der Waals surface area contributed by atoms with Gasteiger partial charge in [-0.25, -0.2) is 0 Å². The van der Waals surface area contributed by atoms with Crippen LogP contribution in [0.15, 0.2) is 78.9 Å². The minimum absolute atomic E-state index is 0.158. The van der Waals surface area contributed by atoms with Crippen LogP contribution in [0.3, 0.4) is 0 Å². The fourth-order valence-corrected chi connectivity index (χ4v) is 5.72. The summed E-state index contributed by atoms with van der Waals surface area (Å²) in [6.45, 7) is 6.92. The Kier molecular flexibility index (Phi) is 12.0. The van der Waals surface area contributed by atoms with Gasteiger partial charge in [-0.05, 0) is 35.7 Å². The number of hydrogen-bond acceptors (Lipinski definition) is 7. The number of likely N-dealkylation sites (N-methyl/N-ethyl adjacent to an activating group) is 1. The summed E-state index contributed by atoms with van der Waals surface area (Å²) in [4.78, 5) is 60.0. The van der Waals surface area contributed by atoms with Gasteiger partial charge in [-0.1, -0.05) is 66.7 Å². The Balaban J connectivity index is 1.37. The molecule has 11 heteroatoms. The lowest BCUT2D eigenvalue weighted by Gasteiger charge is -2.29. The number of para-hydroxylation sites is 1. The average Bonchev–Trinajstić information content (AvgIpc) is 3.09. The third-order valence-electron chi connectivity index (χ3n) is 8.35. The molecule has 2 N–H and O–H groups in total. The molecule has 1 fully saturated rings. The molecule has 248 valence electrons. The maximum Gasteiger partial charge on any atom is 0.255 e. The Bertz CT molecular complexity index is 1530. The first kappa shape index (κ1) is 33.6. The third-order valence-corrected chi connectivity index (χ3v) is 8.35. The highest BCUT2D eigenvalue weighted by molar-refractivity contribution is 6.01. The highest BCUT2D eigenvalue weighted by atomic mass is 16.5. The van der Waals surface area contributed by atoms with Crippen molar-refractivity contribution in [3.8, 4) is 5.75 Å². The zero-order chi connectivity index (χ0) is 33.0. The van der Waals surface area contributed by atoms with Gasteiger partial charge in [0, 0.05) is 39.3 Å². The van der Waals surface area contributed by atoms with Crippen molar-refractivity contribution in [2.24, 2.45) is 0 Å². The molecule has 0 spiro atoms. The molecular formula is C36H43N5O6. The van der Waals surface area contributed by atoms with E-state index in [4.69, 9.17) is 9.47 Å². The lowest BCUT2D eigenvalue weighted by atomic mass is 10.1. The Labute approximate surface area is 275 Å². The predicted molar refractivity (Wildman–Crippen MR) is 176 cm³/mol. The van der Waals surface area contributed by atoms with Gasteiger partial charge in [-0.3, -0.25) is 24.1 Å². The van der Waals surface area contributed by atoms with Crippen LogP contribution in [-0.4, -0.2) is 96.9 Å². The van der Waals surface area contributed by atoms with E-state index in [9.17, 15) is 19.2 Å². The molecule has 3 aromatic rings. The molecule has 0 unspecified atom stereocenters. The van der Waals surface area contributed by atoms with Crippen molar-refractivity contribution >= 4 is 23.6 Å². The molecule has 1 atom stereocenters. The van der Waals surface area contributed by atoms with Gasteiger partial charge in [0.1, 0.15) is 24.9 Å². The van der Waals surface area contributed by atoms with Crippen LogP contribution in [0.1, 0.15) is 40.4 Å². The first-order valence-electron chi connectivity index (χ1n) is 16.2. The first-order chi connectivity index (χ1) is 22.9. The zero-order valence-corrected chi connectivity index (χ0v) is 26.9. The van der Waals surface area contributed by atoms with Crippen LogP contribution >= 0.6 is 0 Å². The van der Waals surface area contributed by atoms with Gasteiger partial charge in [0.05, 0.1) is 31.7 Å². The van der Waals surface area contributed by atoms with Gasteiger partial charge >= 0.3 is 0 Å². The summed E-state index contributed by atoms with van der Waals surface area (Å²) in [6, 6.07) is 22.9. The number of nitrogens with zero attached hydrogens (tertiary/aromatic N) is 3. The van der Waals surface area contributed by atoms with E-state index >= 15 is 0 Å². The van der Waals surface area contributed by atoms with E-state index in [2.05, 4.69) is 21.6 Å². The number of hydrogen-bond donors (Lipinski definition) is 2. The molecule has 4 amide bonds. The van der Waals surface area contributed by atoms with Gasteiger partial charge in [-0.15, -0.1) is 0 Å². The van der Waals surface area contributed by atoms with Crippen LogP contribution in [0.5, 0.6) is 5.75 Å². The maximum absolute atomic E-state index is 13.9. The SMILES string of the molecule is CCN1CCOc2ccccc2C(=O)N[C@H](C(=O)NCc2cccc(CN3CCOCC3)c2)CC(=O)N(Cc2ccccc2)CC1=O. The lowest BCUT2D eigenvalue weighted by molar-refractivity contribution is -0.142. The van der Waals surface area contributed by atoms with E-state index in [0.717, 1.165) is 36.3 Å². The molecule has 5 rings (SSSR count). The molecule has 2 heterocycles. The molecule has 3 aromatic carbocycles.